The smallest absolute Gasteiger partial charge is 0.198 e. The summed E-state index contributed by atoms with van der Waals surface area (Å²) in [7, 11) is 0. The minimum Gasteiger partial charge on any atom is -0.494 e. The van der Waals surface area contributed by atoms with Crippen molar-refractivity contribution in [2.24, 2.45) is 10.9 Å². The normalized spacial score (nSPS) is 15.7. The molecule has 5 heteroatoms. The number of benzene rings is 2. The Morgan fingerprint density at radius 2 is 1.88 bits per heavy atom. The van der Waals surface area contributed by atoms with E-state index in [4.69, 9.17) is 4.74 Å². The van der Waals surface area contributed by atoms with E-state index in [2.05, 4.69) is 15.3 Å². The van der Waals surface area contributed by atoms with Gasteiger partial charge in [0, 0.05) is 42.6 Å². The first kappa shape index (κ1) is 16.7. The number of rotatable bonds is 5. The number of ether oxygens (including phenoxy) is 1. The van der Waals surface area contributed by atoms with Crippen LogP contribution in [0.5, 0.6) is 5.88 Å². The zero-order valence-electron chi connectivity index (χ0n) is 14.6. The molecule has 1 saturated heterocycles. The lowest BCUT2D eigenvalue weighted by molar-refractivity contribution is 0.0699. The van der Waals surface area contributed by atoms with Crippen molar-refractivity contribution in [2.45, 2.75) is 12.8 Å². The third-order valence-electron chi connectivity index (χ3n) is 4.87. The third kappa shape index (κ3) is 3.73. The molecule has 2 heterocycles. The average molecular weight is 349 g/mol. The Labute approximate surface area is 152 Å². The second kappa shape index (κ2) is 7.62. The Morgan fingerprint density at radius 3 is 2.69 bits per heavy atom. The average Bonchev–Trinajstić information content (AvgIpc) is 3.01. The lowest BCUT2D eigenvalue weighted by Gasteiger charge is -2.22. The van der Waals surface area contributed by atoms with Crippen LogP contribution in [0.1, 0.15) is 18.4 Å². The zero-order chi connectivity index (χ0) is 17.8. The van der Waals surface area contributed by atoms with E-state index in [0.717, 1.165) is 54.9 Å². The predicted octanol–water partition coefficient (Wildman–Crippen LogP) is 4.46. The fourth-order valence-electron chi connectivity index (χ4n) is 3.30. The molecule has 3 N–H and O–H groups in total. The summed E-state index contributed by atoms with van der Waals surface area (Å²) in [6.07, 6.45) is 3.96. The molecule has 3 aromatic rings. The van der Waals surface area contributed by atoms with Gasteiger partial charge in [-0.3, -0.25) is 4.99 Å². The van der Waals surface area contributed by atoms with Crippen LogP contribution in [0, 0.1) is 5.92 Å². The van der Waals surface area contributed by atoms with Gasteiger partial charge >= 0.3 is 0 Å². The minimum absolute atomic E-state index is 0.143. The van der Waals surface area contributed by atoms with E-state index in [1.54, 1.807) is 6.21 Å². The molecule has 4 rings (SSSR count). The van der Waals surface area contributed by atoms with Crippen molar-refractivity contribution in [1.82, 2.24) is 4.98 Å². The molecular formula is C21H23N3O2. The van der Waals surface area contributed by atoms with Crippen LogP contribution >= 0.6 is 0 Å². The molecule has 0 unspecified atom stereocenters. The molecule has 1 aromatic heterocycles. The van der Waals surface area contributed by atoms with E-state index in [9.17, 15) is 5.11 Å². The molecule has 26 heavy (non-hydrogen) atoms. The molecule has 0 saturated carbocycles. The molecule has 0 bridgehead atoms. The van der Waals surface area contributed by atoms with Gasteiger partial charge in [-0.1, -0.05) is 18.2 Å². The lowest BCUT2D eigenvalue weighted by atomic mass is 10.0. The highest BCUT2D eigenvalue weighted by Crippen LogP contribution is 2.26. The van der Waals surface area contributed by atoms with Crippen molar-refractivity contribution in [2.75, 3.05) is 25.1 Å². The van der Waals surface area contributed by atoms with Gasteiger partial charge in [-0.2, -0.15) is 0 Å². The minimum atomic E-state index is 0.143. The van der Waals surface area contributed by atoms with Crippen LogP contribution in [0.15, 0.2) is 53.5 Å². The fraction of sp³-hybridized carbons (Fsp3) is 0.286. The third-order valence-corrected chi connectivity index (χ3v) is 4.87. The largest absolute Gasteiger partial charge is 0.494 e. The van der Waals surface area contributed by atoms with Gasteiger partial charge in [0.1, 0.15) is 0 Å². The number of hydrogen-bond acceptors (Lipinski definition) is 4. The molecular weight excluding hydrogens is 326 g/mol. The standard InChI is InChI=1S/C21H23N3O2/c25-21-19(18-3-1-2-4-20(18)24-21)14-23-17-7-5-16(6-8-17)22-13-15-9-11-26-12-10-15/h1-8,14-15,22,24-25H,9-13H2. The molecule has 0 aliphatic carbocycles. The fourth-order valence-corrected chi connectivity index (χ4v) is 3.30. The van der Waals surface area contributed by atoms with Crippen LogP contribution in [0.25, 0.3) is 10.9 Å². The van der Waals surface area contributed by atoms with Gasteiger partial charge in [0.05, 0.1) is 11.3 Å². The van der Waals surface area contributed by atoms with Crippen LogP contribution in [-0.4, -0.2) is 36.1 Å². The SMILES string of the molecule is Oc1[nH]c2ccccc2c1C=Nc1ccc(NCC2CCOCC2)cc1. The van der Waals surface area contributed by atoms with Gasteiger partial charge in [-0.05, 0) is 49.1 Å². The first-order chi connectivity index (χ1) is 12.8. The summed E-state index contributed by atoms with van der Waals surface area (Å²) in [4.78, 5) is 7.47. The molecule has 2 aromatic carbocycles. The van der Waals surface area contributed by atoms with E-state index in [0.29, 0.717) is 11.5 Å². The van der Waals surface area contributed by atoms with E-state index < -0.39 is 0 Å². The predicted molar refractivity (Wildman–Crippen MR) is 106 cm³/mol. The number of aliphatic imine (C=N–C) groups is 1. The van der Waals surface area contributed by atoms with Gasteiger partial charge in [-0.25, -0.2) is 0 Å². The van der Waals surface area contributed by atoms with Gasteiger partial charge < -0.3 is 20.1 Å². The molecule has 1 aliphatic rings. The number of aromatic nitrogens is 1. The zero-order valence-corrected chi connectivity index (χ0v) is 14.6. The van der Waals surface area contributed by atoms with Gasteiger partial charge in [0.25, 0.3) is 0 Å². The van der Waals surface area contributed by atoms with Crippen molar-refractivity contribution in [3.63, 3.8) is 0 Å². The summed E-state index contributed by atoms with van der Waals surface area (Å²) >= 11 is 0. The second-order valence-corrected chi connectivity index (χ2v) is 6.67. The van der Waals surface area contributed by atoms with Crippen molar-refractivity contribution >= 4 is 28.5 Å². The monoisotopic (exact) mass is 349 g/mol. The maximum absolute atomic E-state index is 10.1. The summed E-state index contributed by atoms with van der Waals surface area (Å²) in [5.74, 6) is 0.830. The number of H-pyrrole nitrogens is 1. The lowest BCUT2D eigenvalue weighted by Crippen LogP contribution is -2.22. The molecule has 1 aliphatic heterocycles. The van der Waals surface area contributed by atoms with Crippen LogP contribution in [0.2, 0.25) is 0 Å². The Kier molecular flexibility index (Phi) is 4.88. The number of hydrogen-bond donors (Lipinski definition) is 3. The molecule has 0 spiro atoms. The van der Waals surface area contributed by atoms with Crippen molar-refractivity contribution < 1.29 is 9.84 Å². The molecule has 0 atom stereocenters. The number of nitrogens with one attached hydrogen (secondary N) is 2. The van der Waals surface area contributed by atoms with Crippen LogP contribution in [0.4, 0.5) is 11.4 Å². The number of fused-ring (bicyclic) bond motifs is 1. The summed E-state index contributed by atoms with van der Waals surface area (Å²) in [6.45, 7) is 2.73. The molecule has 0 amide bonds. The van der Waals surface area contributed by atoms with Crippen LogP contribution in [-0.2, 0) is 4.74 Å². The maximum Gasteiger partial charge on any atom is 0.198 e. The van der Waals surface area contributed by atoms with Crippen molar-refractivity contribution in [3.8, 4) is 5.88 Å². The first-order valence-corrected chi connectivity index (χ1v) is 9.05. The highest BCUT2D eigenvalue weighted by molar-refractivity contribution is 6.02. The Bertz CT molecular complexity index is 893. The van der Waals surface area contributed by atoms with E-state index >= 15 is 0 Å². The molecule has 5 nitrogen and oxygen atoms in total. The van der Waals surface area contributed by atoms with Crippen LogP contribution in [0.3, 0.4) is 0 Å². The number of anilines is 1. The Balaban J connectivity index is 1.42. The number of nitrogens with zero attached hydrogens (tertiary/aromatic N) is 1. The van der Waals surface area contributed by atoms with Gasteiger partial charge in [0.15, 0.2) is 5.88 Å². The van der Waals surface area contributed by atoms with E-state index in [1.165, 1.54) is 0 Å². The van der Waals surface area contributed by atoms with Gasteiger partial charge in [0.2, 0.25) is 0 Å². The number of aromatic hydroxyl groups is 1. The summed E-state index contributed by atoms with van der Waals surface area (Å²) < 4.78 is 5.40. The highest BCUT2D eigenvalue weighted by Gasteiger charge is 2.13. The second-order valence-electron chi connectivity index (χ2n) is 6.67. The summed E-state index contributed by atoms with van der Waals surface area (Å²) in [6, 6.07) is 15.8. The maximum atomic E-state index is 10.1. The first-order valence-electron chi connectivity index (χ1n) is 9.05. The molecule has 1 fully saturated rings. The molecule has 0 radical (unpaired) electrons. The summed E-state index contributed by atoms with van der Waals surface area (Å²) in [5.41, 5.74) is 3.57. The Hall–Kier alpha value is -2.79. The highest BCUT2D eigenvalue weighted by atomic mass is 16.5. The van der Waals surface area contributed by atoms with Crippen molar-refractivity contribution in [1.29, 1.82) is 0 Å². The van der Waals surface area contributed by atoms with E-state index in [-0.39, 0.29) is 5.88 Å². The topological polar surface area (TPSA) is 69.6 Å². The number of para-hydroxylation sites is 1. The Morgan fingerprint density at radius 1 is 1.12 bits per heavy atom. The molecule has 134 valence electrons. The quantitative estimate of drug-likeness (QED) is 0.596. The van der Waals surface area contributed by atoms with Gasteiger partial charge in [-0.15, -0.1) is 0 Å². The van der Waals surface area contributed by atoms with Crippen molar-refractivity contribution in [3.05, 3.63) is 54.1 Å². The number of aromatic amines is 1. The van der Waals surface area contributed by atoms with E-state index in [1.807, 2.05) is 48.5 Å². The van der Waals surface area contributed by atoms with Crippen LogP contribution < -0.4 is 5.32 Å². The summed E-state index contributed by atoms with van der Waals surface area (Å²) in [5, 5.41) is 14.5.